The lowest BCUT2D eigenvalue weighted by Crippen LogP contribution is -1.87. The quantitative estimate of drug-likeness (QED) is 0.557. The van der Waals surface area contributed by atoms with Crippen LogP contribution in [0.1, 0.15) is 22.8 Å². The van der Waals surface area contributed by atoms with Crippen molar-refractivity contribution in [3.8, 4) is 0 Å². The molecule has 0 aliphatic carbocycles. The van der Waals surface area contributed by atoms with Crippen LogP contribution in [0.5, 0.6) is 0 Å². The number of epoxide rings is 1. The molecule has 0 aromatic heterocycles. The molecule has 1 aliphatic heterocycles. The number of hydrogen-bond donors (Lipinski definition) is 0. The van der Waals surface area contributed by atoms with Crippen molar-refractivity contribution in [2.24, 2.45) is 0 Å². The standard InChI is InChI=1S/C10H12O/c1-7-3-4-8(2)9(5-7)10-6-11-10/h3-5,10H,6H2,1-2H3/t10-/m1/s1. The van der Waals surface area contributed by atoms with Gasteiger partial charge in [0.25, 0.3) is 0 Å². The van der Waals surface area contributed by atoms with Crippen LogP contribution in [0.25, 0.3) is 0 Å². The Morgan fingerprint density at radius 3 is 2.73 bits per heavy atom. The molecular weight excluding hydrogens is 136 g/mol. The third kappa shape index (κ3) is 1.29. The molecule has 1 aromatic rings. The van der Waals surface area contributed by atoms with Crippen LogP contribution in [0.3, 0.4) is 0 Å². The molecule has 0 amide bonds. The Balaban J connectivity index is 2.42. The van der Waals surface area contributed by atoms with E-state index < -0.39 is 0 Å². The van der Waals surface area contributed by atoms with E-state index in [0.717, 1.165) is 6.61 Å². The van der Waals surface area contributed by atoms with Crippen LogP contribution < -0.4 is 0 Å². The van der Waals surface area contributed by atoms with Gasteiger partial charge in [-0.3, -0.25) is 0 Å². The van der Waals surface area contributed by atoms with E-state index in [0.29, 0.717) is 6.10 Å². The van der Waals surface area contributed by atoms with Gasteiger partial charge in [0.15, 0.2) is 0 Å². The van der Waals surface area contributed by atoms with Crippen molar-refractivity contribution in [3.05, 3.63) is 34.9 Å². The molecule has 11 heavy (non-hydrogen) atoms. The number of rotatable bonds is 1. The second kappa shape index (κ2) is 2.35. The highest BCUT2D eigenvalue weighted by Gasteiger charge is 2.25. The van der Waals surface area contributed by atoms with E-state index in [4.69, 9.17) is 4.74 Å². The highest BCUT2D eigenvalue weighted by molar-refractivity contribution is 5.33. The summed E-state index contributed by atoms with van der Waals surface area (Å²) in [6.07, 6.45) is 0.398. The Morgan fingerprint density at radius 2 is 2.09 bits per heavy atom. The molecule has 1 aromatic carbocycles. The minimum absolute atomic E-state index is 0.398. The monoisotopic (exact) mass is 148 g/mol. The molecule has 0 spiro atoms. The maximum absolute atomic E-state index is 5.23. The van der Waals surface area contributed by atoms with Crippen molar-refractivity contribution in [1.82, 2.24) is 0 Å². The topological polar surface area (TPSA) is 12.5 Å². The number of benzene rings is 1. The molecule has 1 heterocycles. The van der Waals surface area contributed by atoms with Crippen molar-refractivity contribution in [1.29, 1.82) is 0 Å². The molecule has 58 valence electrons. The zero-order valence-electron chi connectivity index (χ0n) is 6.92. The molecule has 1 nitrogen and oxygen atoms in total. The van der Waals surface area contributed by atoms with Crippen molar-refractivity contribution < 1.29 is 4.74 Å². The van der Waals surface area contributed by atoms with Crippen molar-refractivity contribution in [2.75, 3.05) is 6.61 Å². The minimum atomic E-state index is 0.398. The first-order valence-electron chi connectivity index (χ1n) is 3.96. The Hall–Kier alpha value is -0.820. The lowest BCUT2D eigenvalue weighted by molar-refractivity contribution is 0.415. The number of ether oxygens (including phenoxy) is 1. The van der Waals surface area contributed by atoms with Gasteiger partial charge in [0.2, 0.25) is 0 Å². The van der Waals surface area contributed by atoms with Gasteiger partial charge in [-0.25, -0.2) is 0 Å². The molecular formula is C10H12O. The summed E-state index contributed by atoms with van der Waals surface area (Å²) in [5.74, 6) is 0. The van der Waals surface area contributed by atoms with Gasteiger partial charge in [0.1, 0.15) is 6.10 Å². The highest BCUT2D eigenvalue weighted by atomic mass is 16.6. The van der Waals surface area contributed by atoms with E-state index in [1.807, 2.05) is 0 Å². The molecule has 1 aliphatic rings. The molecule has 0 unspecified atom stereocenters. The van der Waals surface area contributed by atoms with Gasteiger partial charge in [-0.05, 0) is 25.0 Å². The lowest BCUT2D eigenvalue weighted by Gasteiger charge is -2.02. The molecule has 0 bridgehead atoms. The number of hydrogen-bond acceptors (Lipinski definition) is 1. The van der Waals surface area contributed by atoms with Gasteiger partial charge < -0.3 is 4.74 Å². The third-order valence-corrected chi connectivity index (χ3v) is 2.11. The van der Waals surface area contributed by atoms with Gasteiger partial charge in [-0.1, -0.05) is 23.8 Å². The summed E-state index contributed by atoms with van der Waals surface area (Å²) < 4.78 is 5.23. The van der Waals surface area contributed by atoms with Gasteiger partial charge in [-0.15, -0.1) is 0 Å². The largest absolute Gasteiger partial charge is 0.368 e. The number of aryl methyl sites for hydroxylation is 2. The first-order chi connectivity index (χ1) is 5.27. The smallest absolute Gasteiger partial charge is 0.106 e. The predicted molar refractivity (Wildman–Crippen MR) is 44.6 cm³/mol. The molecule has 1 fully saturated rings. The zero-order chi connectivity index (χ0) is 7.84. The molecule has 2 rings (SSSR count). The molecule has 0 N–H and O–H groups in total. The molecule has 1 atom stereocenters. The maximum atomic E-state index is 5.23. The average molecular weight is 148 g/mol. The summed E-state index contributed by atoms with van der Waals surface area (Å²) in [6.45, 7) is 5.16. The van der Waals surface area contributed by atoms with Gasteiger partial charge in [0, 0.05) is 0 Å². The highest BCUT2D eigenvalue weighted by Crippen LogP contribution is 2.32. The Kier molecular flexibility index (Phi) is 1.46. The first-order valence-corrected chi connectivity index (χ1v) is 3.96. The fraction of sp³-hybridized carbons (Fsp3) is 0.400. The summed E-state index contributed by atoms with van der Waals surface area (Å²) in [5.41, 5.74) is 4.03. The lowest BCUT2D eigenvalue weighted by atomic mass is 10.0. The maximum Gasteiger partial charge on any atom is 0.106 e. The van der Waals surface area contributed by atoms with Crippen LogP contribution in [0.15, 0.2) is 18.2 Å². The molecule has 0 radical (unpaired) electrons. The molecule has 1 heteroatoms. The second-order valence-corrected chi connectivity index (χ2v) is 3.18. The Bertz CT molecular complexity index is 274. The van der Waals surface area contributed by atoms with Crippen molar-refractivity contribution in [3.63, 3.8) is 0 Å². The average Bonchev–Trinajstić information content (AvgIpc) is 2.76. The normalized spacial score (nSPS) is 21.8. The minimum Gasteiger partial charge on any atom is -0.368 e. The summed E-state index contributed by atoms with van der Waals surface area (Å²) >= 11 is 0. The van der Waals surface area contributed by atoms with Crippen molar-refractivity contribution >= 4 is 0 Å². The zero-order valence-corrected chi connectivity index (χ0v) is 6.92. The van der Waals surface area contributed by atoms with E-state index >= 15 is 0 Å². The van der Waals surface area contributed by atoms with Crippen LogP contribution in [-0.2, 0) is 4.74 Å². The van der Waals surface area contributed by atoms with E-state index in [9.17, 15) is 0 Å². The summed E-state index contributed by atoms with van der Waals surface area (Å²) in [7, 11) is 0. The predicted octanol–water partition coefficient (Wildman–Crippen LogP) is 2.37. The summed E-state index contributed by atoms with van der Waals surface area (Å²) in [5, 5.41) is 0. The van der Waals surface area contributed by atoms with E-state index in [2.05, 4.69) is 32.0 Å². The van der Waals surface area contributed by atoms with E-state index in [-0.39, 0.29) is 0 Å². The van der Waals surface area contributed by atoms with Crippen LogP contribution in [0.2, 0.25) is 0 Å². The van der Waals surface area contributed by atoms with Crippen LogP contribution in [-0.4, -0.2) is 6.61 Å². The Labute approximate surface area is 67.0 Å². The van der Waals surface area contributed by atoms with E-state index in [1.165, 1.54) is 16.7 Å². The Morgan fingerprint density at radius 1 is 1.36 bits per heavy atom. The summed E-state index contributed by atoms with van der Waals surface area (Å²) in [4.78, 5) is 0. The van der Waals surface area contributed by atoms with Gasteiger partial charge in [0.05, 0.1) is 6.61 Å². The second-order valence-electron chi connectivity index (χ2n) is 3.18. The van der Waals surface area contributed by atoms with Crippen LogP contribution in [0.4, 0.5) is 0 Å². The molecule has 0 saturated carbocycles. The molecule has 1 saturated heterocycles. The third-order valence-electron chi connectivity index (χ3n) is 2.11. The van der Waals surface area contributed by atoms with Gasteiger partial charge >= 0.3 is 0 Å². The van der Waals surface area contributed by atoms with Gasteiger partial charge in [-0.2, -0.15) is 0 Å². The van der Waals surface area contributed by atoms with Crippen LogP contribution >= 0.6 is 0 Å². The van der Waals surface area contributed by atoms with E-state index in [1.54, 1.807) is 0 Å². The first kappa shape index (κ1) is 6.86. The SMILES string of the molecule is Cc1ccc(C)c([C@H]2CO2)c1. The fourth-order valence-corrected chi connectivity index (χ4v) is 1.33. The summed E-state index contributed by atoms with van der Waals surface area (Å²) in [6, 6.07) is 6.51. The van der Waals surface area contributed by atoms with Crippen molar-refractivity contribution in [2.45, 2.75) is 20.0 Å². The van der Waals surface area contributed by atoms with Crippen LogP contribution in [0, 0.1) is 13.8 Å². The fourth-order valence-electron chi connectivity index (χ4n) is 1.33.